The number of fused-ring (bicyclic) bond motifs is 1. The van der Waals surface area contributed by atoms with E-state index in [1.807, 2.05) is 25.1 Å². The number of rotatable bonds is 6. The molecule has 2 aromatic rings. The minimum atomic E-state index is -0.318. The van der Waals surface area contributed by atoms with Gasteiger partial charge in [0.1, 0.15) is 0 Å². The summed E-state index contributed by atoms with van der Waals surface area (Å²) in [5, 5.41) is 8.22. The van der Waals surface area contributed by atoms with Crippen LogP contribution in [0, 0.1) is 0 Å². The SMILES string of the molecule is CC(NC(=O)NCCNC(=O)c1ccco1)c1ccc2c(c1)OCCCO2. The van der Waals surface area contributed by atoms with Gasteiger partial charge >= 0.3 is 6.03 Å². The van der Waals surface area contributed by atoms with Gasteiger partial charge in [-0.2, -0.15) is 0 Å². The largest absolute Gasteiger partial charge is 0.490 e. The molecule has 1 aliphatic heterocycles. The third kappa shape index (κ3) is 5.16. The lowest BCUT2D eigenvalue weighted by molar-refractivity contribution is 0.0926. The number of furan rings is 1. The fourth-order valence-electron chi connectivity index (χ4n) is 2.63. The van der Waals surface area contributed by atoms with Crippen LogP contribution < -0.4 is 25.4 Å². The third-order valence-electron chi connectivity index (χ3n) is 4.06. The van der Waals surface area contributed by atoms with Gasteiger partial charge in [-0.15, -0.1) is 0 Å². The molecule has 144 valence electrons. The van der Waals surface area contributed by atoms with E-state index in [1.54, 1.807) is 12.1 Å². The van der Waals surface area contributed by atoms with E-state index in [4.69, 9.17) is 13.9 Å². The summed E-state index contributed by atoms with van der Waals surface area (Å²) in [6.07, 6.45) is 2.28. The maximum Gasteiger partial charge on any atom is 0.315 e. The van der Waals surface area contributed by atoms with E-state index < -0.39 is 0 Å². The molecule has 1 unspecified atom stereocenters. The highest BCUT2D eigenvalue weighted by atomic mass is 16.5. The smallest absolute Gasteiger partial charge is 0.315 e. The first kappa shape index (κ1) is 18.6. The Bertz CT molecular complexity index is 776. The average molecular weight is 373 g/mol. The third-order valence-corrected chi connectivity index (χ3v) is 4.06. The zero-order valence-electron chi connectivity index (χ0n) is 15.1. The van der Waals surface area contributed by atoms with E-state index in [9.17, 15) is 9.59 Å². The molecule has 8 nitrogen and oxygen atoms in total. The van der Waals surface area contributed by atoms with Crippen LogP contribution in [0.5, 0.6) is 11.5 Å². The van der Waals surface area contributed by atoms with E-state index in [2.05, 4.69) is 16.0 Å². The molecule has 1 aliphatic rings. The minimum absolute atomic E-state index is 0.208. The van der Waals surface area contributed by atoms with Gasteiger partial charge in [-0.3, -0.25) is 4.79 Å². The van der Waals surface area contributed by atoms with Crippen molar-refractivity contribution in [3.8, 4) is 11.5 Å². The Morgan fingerprint density at radius 2 is 1.85 bits per heavy atom. The zero-order valence-corrected chi connectivity index (χ0v) is 15.1. The summed E-state index contributed by atoms with van der Waals surface area (Å²) in [6, 6.07) is 8.34. The van der Waals surface area contributed by atoms with Gasteiger partial charge in [-0.1, -0.05) is 6.07 Å². The molecule has 0 saturated carbocycles. The molecular weight excluding hydrogens is 350 g/mol. The van der Waals surface area contributed by atoms with Crippen molar-refractivity contribution in [3.63, 3.8) is 0 Å². The second-order valence-corrected chi connectivity index (χ2v) is 6.11. The first-order valence-corrected chi connectivity index (χ1v) is 8.89. The number of carbonyl (C=O) groups excluding carboxylic acids is 2. The fourth-order valence-corrected chi connectivity index (χ4v) is 2.63. The van der Waals surface area contributed by atoms with Crippen LogP contribution in [0.4, 0.5) is 4.79 Å². The molecule has 0 fully saturated rings. The number of hydrogen-bond acceptors (Lipinski definition) is 5. The van der Waals surface area contributed by atoms with Crippen molar-refractivity contribution in [2.24, 2.45) is 0 Å². The number of urea groups is 1. The fraction of sp³-hybridized carbons (Fsp3) is 0.368. The Labute approximate surface area is 157 Å². The minimum Gasteiger partial charge on any atom is -0.490 e. The highest BCUT2D eigenvalue weighted by Gasteiger charge is 2.15. The standard InChI is InChI=1S/C19H23N3O5/c1-13(14-5-6-15-17(12-14)27-11-3-10-25-15)22-19(24)21-8-7-20-18(23)16-4-2-9-26-16/h2,4-6,9,12-13H,3,7-8,10-11H2,1H3,(H,20,23)(H2,21,22,24). The summed E-state index contributed by atoms with van der Waals surface area (Å²) in [6.45, 7) is 3.73. The summed E-state index contributed by atoms with van der Waals surface area (Å²) < 4.78 is 16.3. The van der Waals surface area contributed by atoms with Gasteiger partial charge in [0.25, 0.3) is 5.91 Å². The molecule has 0 aliphatic carbocycles. The van der Waals surface area contributed by atoms with E-state index in [0.717, 1.165) is 17.7 Å². The van der Waals surface area contributed by atoms with Crippen LogP contribution in [0.3, 0.4) is 0 Å². The summed E-state index contributed by atoms with van der Waals surface area (Å²) in [7, 11) is 0. The van der Waals surface area contributed by atoms with Crippen molar-refractivity contribution < 1.29 is 23.5 Å². The summed E-state index contributed by atoms with van der Waals surface area (Å²) in [4.78, 5) is 23.7. The molecule has 1 aromatic heterocycles. The molecule has 0 saturated heterocycles. The van der Waals surface area contributed by atoms with Gasteiger partial charge in [-0.05, 0) is 36.8 Å². The molecule has 3 N–H and O–H groups in total. The Morgan fingerprint density at radius 3 is 2.63 bits per heavy atom. The molecule has 1 atom stereocenters. The van der Waals surface area contributed by atoms with E-state index in [0.29, 0.717) is 32.1 Å². The number of ether oxygens (including phenoxy) is 2. The second kappa shape index (κ2) is 8.98. The molecule has 1 aromatic carbocycles. The quantitative estimate of drug-likeness (QED) is 0.674. The van der Waals surface area contributed by atoms with Crippen LogP contribution in [-0.2, 0) is 0 Å². The van der Waals surface area contributed by atoms with Gasteiger partial charge in [0, 0.05) is 19.5 Å². The molecule has 3 amide bonds. The number of nitrogens with one attached hydrogen (secondary N) is 3. The molecule has 0 spiro atoms. The normalized spacial score (nSPS) is 14.0. The molecule has 2 heterocycles. The average Bonchev–Trinajstić information content (AvgIpc) is 3.10. The van der Waals surface area contributed by atoms with Crippen molar-refractivity contribution in [1.29, 1.82) is 0 Å². The summed E-state index contributed by atoms with van der Waals surface area (Å²) in [5.41, 5.74) is 0.917. The van der Waals surface area contributed by atoms with Crippen molar-refractivity contribution in [1.82, 2.24) is 16.0 Å². The molecule has 8 heteroatoms. The van der Waals surface area contributed by atoms with Crippen molar-refractivity contribution in [2.75, 3.05) is 26.3 Å². The number of carbonyl (C=O) groups is 2. The molecule has 0 bridgehead atoms. The van der Waals surface area contributed by atoms with Gasteiger partial charge < -0.3 is 29.8 Å². The Hall–Kier alpha value is -3.16. The van der Waals surface area contributed by atoms with Crippen LogP contribution in [-0.4, -0.2) is 38.2 Å². The van der Waals surface area contributed by atoms with Gasteiger partial charge in [-0.25, -0.2) is 4.79 Å². The molecular formula is C19H23N3O5. The van der Waals surface area contributed by atoms with Gasteiger partial charge in [0.15, 0.2) is 17.3 Å². The first-order chi connectivity index (χ1) is 13.1. The zero-order chi connectivity index (χ0) is 19.1. The maximum atomic E-state index is 12.0. The van der Waals surface area contributed by atoms with Crippen LogP contribution in [0.1, 0.15) is 35.5 Å². The number of benzene rings is 1. The molecule has 27 heavy (non-hydrogen) atoms. The van der Waals surface area contributed by atoms with Crippen molar-refractivity contribution in [2.45, 2.75) is 19.4 Å². The predicted octanol–water partition coefficient (Wildman–Crippen LogP) is 2.23. The number of amides is 3. The highest BCUT2D eigenvalue weighted by Crippen LogP contribution is 2.32. The Kier molecular flexibility index (Phi) is 6.19. The molecule has 3 rings (SSSR count). The first-order valence-electron chi connectivity index (χ1n) is 8.89. The lowest BCUT2D eigenvalue weighted by Gasteiger charge is -2.17. The second-order valence-electron chi connectivity index (χ2n) is 6.11. The van der Waals surface area contributed by atoms with Crippen LogP contribution in [0.15, 0.2) is 41.0 Å². The Balaban J connectivity index is 1.42. The monoisotopic (exact) mass is 373 g/mol. The maximum absolute atomic E-state index is 12.0. The van der Waals surface area contributed by atoms with Gasteiger partial charge in [0.05, 0.1) is 25.5 Å². The topological polar surface area (TPSA) is 102 Å². The van der Waals surface area contributed by atoms with E-state index in [-0.39, 0.29) is 23.7 Å². The van der Waals surface area contributed by atoms with E-state index in [1.165, 1.54) is 6.26 Å². The lowest BCUT2D eigenvalue weighted by Crippen LogP contribution is -2.41. The predicted molar refractivity (Wildman–Crippen MR) is 98.0 cm³/mol. The van der Waals surface area contributed by atoms with Crippen LogP contribution in [0.2, 0.25) is 0 Å². The molecule has 0 radical (unpaired) electrons. The lowest BCUT2D eigenvalue weighted by atomic mass is 10.1. The summed E-state index contributed by atoms with van der Waals surface area (Å²) in [5.74, 6) is 1.34. The van der Waals surface area contributed by atoms with E-state index >= 15 is 0 Å². The Morgan fingerprint density at radius 1 is 1.07 bits per heavy atom. The van der Waals surface area contributed by atoms with Crippen LogP contribution in [0.25, 0.3) is 0 Å². The van der Waals surface area contributed by atoms with Crippen molar-refractivity contribution in [3.05, 3.63) is 47.9 Å². The summed E-state index contributed by atoms with van der Waals surface area (Å²) >= 11 is 0. The van der Waals surface area contributed by atoms with Crippen molar-refractivity contribution >= 4 is 11.9 Å². The highest BCUT2D eigenvalue weighted by molar-refractivity contribution is 5.91. The number of hydrogen-bond donors (Lipinski definition) is 3. The van der Waals surface area contributed by atoms with Gasteiger partial charge in [0.2, 0.25) is 0 Å². The van der Waals surface area contributed by atoms with Crippen LogP contribution >= 0.6 is 0 Å².